The van der Waals surface area contributed by atoms with Gasteiger partial charge in [0.05, 0.1) is 12.7 Å². The molecule has 1 aliphatic rings. The zero-order chi connectivity index (χ0) is 13.3. The van der Waals surface area contributed by atoms with Crippen LogP contribution in [0.4, 0.5) is 0 Å². The van der Waals surface area contributed by atoms with Crippen molar-refractivity contribution in [1.82, 2.24) is 9.79 Å². The Balaban J connectivity index is 2.37. The first kappa shape index (κ1) is 12.5. The summed E-state index contributed by atoms with van der Waals surface area (Å²) in [4.78, 5) is 27.4. The third kappa shape index (κ3) is 1.85. The standard InChI is InChI=1S/C10H10N2O5S/c1-17-11-9(13)6-12-10(14)7-4-2-3-5-8(7)18(12,15)16/h2-5H,6H2,1H3,(H,11,13). The van der Waals surface area contributed by atoms with Crippen LogP contribution in [0.2, 0.25) is 0 Å². The van der Waals surface area contributed by atoms with Crippen LogP contribution in [0.25, 0.3) is 0 Å². The first-order chi connectivity index (χ1) is 8.48. The Morgan fingerprint density at radius 3 is 2.67 bits per heavy atom. The summed E-state index contributed by atoms with van der Waals surface area (Å²) in [5, 5.41) is 0. The van der Waals surface area contributed by atoms with E-state index in [0.29, 0.717) is 4.31 Å². The molecule has 1 heterocycles. The topological polar surface area (TPSA) is 92.8 Å². The highest BCUT2D eigenvalue weighted by Gasteiger charge is 2.41. The molecule has 0 aromatic heterocycles. The van der Waals surface area contributed by atoms with Crippen LogP contribution in [-0.2, 0) is 19.7 Å². The van der Waals surface area contributed by atoms with Crippen LogP contribution in [0.3, 0.4) is 0 Å². The summed E-state index contributed by atoms with van der Waals surface area (Å²) >= 11 is 0. The van der Waals surface area contributed by atoms with Gasteiger partial charge >= 0.3 is 0 Å². The van der Waals surface area contributed by atoms with Crippen molar-refractivity contribution in [2.75, 3.05) is 13.7 Å². The fourth-order valence-electron chi connectivity index (χ4n) is 1.66. The number of hydroxylamine groups is 1. The minimum absolute atomic E-state index is 0.0720. The molecule has 8 heteroatoms. The van der Waals surface area contributed by atoms with Crippen molar-refractivity contribution in [3.63, 3.8) is 0 Å². The molecule has 18 heavy (non-hydrogen) atoms. The molecule has 1 N–H and O–H groups in total. The zero-order valence-electron chi connectivity index (χ0n) is 9.41. The summed E-state index contributed by atoms with van der Waals surface area (Å²) in [6.45, 7) is -0.607. The van der Waals surface area contributed by atoms with E-state index in [1.54, 1.807) is 6.07 Å². The van der Waals surface area contributed by atoms with Crippen molar-refractivity contribution in [3.8, 4) is 0 Å². The summed E-state index contributed by atoms with van der Waals surface area (Å²) in [5.74, 6) is -1.43. The van der Waals surface area contributed by atoms with Gasteiger partial charge in [0.15, 0.2) is 0 Å². The van der Waals surface area contributed by atoms with Gasteiger partial charge in [-0.05, 0) is 12.1 Å². The van der Waals surface area contributed by atoms with Crippen LogP contribution in [0.1, 0.15) is 10.4 Å². The largest absolute Gasteiger partial charge is 0.277 e. The fraction of sp³-hybridized carbons (Fsp3) is 0.200. The van der Waals surface area contributed by atoms with Gasteiger partial charge in [-0.1, -0.05) is 12.1 Å². The Bertz CT molecular complexity index is 610. The lowest BCUT2D eigenvalue weighted by Gasteiger charge is -2.13. The Hall–Kier alpha value is -1.93. The molecule has 0 saturated heterocycles. The SMILES string of the molecule is CONC(=O)CN1C(=O)c2ccccc2S1(=O)=O. The minimum atomic E-state index is -3.94. The first-order valence-electron chi connectivity index (χ1n) is 4.96. The second-order valence-electron chi connectivity index (χ2n) is 3.54. The molecule has 7 nitrogen and oxygen atoms in total. The molecular formula is C10H10N2O5S. The van der Waals surface area contributed by atoms with E-state index in [-0.39, 0.29) is 10.5 Å². The number of nitrogens with one attached hydrogen (secondary N) is 1. The molecule has 1 aliphatic heterocycles. The van der Waals surface area contributed by atoms with Crippen molar-refractivity contribution < 1.29 is 22.8 Å². The third-order valence-corrected chi connectivity index (χ3v) is 4.20. The maximum Gasteiger partial charge on any atom is 0.269 e. The molecule has 0 spiro atoms. The van der Waals surface area contributed by atoms with Gasteiger partial charge in [-0.15, -0.1) is 0 Å². The molecule has 0 atom stereocenters. The van der Waals surface area contributed by atoms with E-state index in [1.165, 1.54) is 25.3 Å². The molecule has 2 rings (SSSR count). The molecule has 0 radical (unpaired) electrons. The van der Waals surface area contributed by atoms with Crippen LogP contribution in [-0.4, -0.2) is 38.2 Å². The summed E-state index contributed by atoms with van der Waals surface area (Å²) in [7, 11) is -2.73. The van der Waals surface area contributed by atoms with E-state index in [2.05, 4.69) is 4.84 Å². The molecule has 0 bridgehead atoms. The Labute approximate surface area is 103 Å². The number of hydrogen-bond acceptors (Lipinski definition) is 5. The second-order valence-corrected chi connectivity index (χ2v) is 5.37. The average molecular weight is 270 g/mol. The van der Waals surface area contributed by atoms with Crippen molar-refractivity contribution in [2.24, 2.45) is 0 Å². The summed E-state index contributed by atoms with van der Waals surface area (Å²) < 4.78 is 24.6. The maximum absolute atomic E-state index is 12.0. The van der Waals surface area contributed by atoms with E-state index in [0.717, 1.165) is 0 Å². The number of nitrogens with zero attached hydrogens (tertiary/aromatic N) is 1. The van der Waals surface area contributed by atoms with Crippen molar-refractivity contribution in [3.05, 3.63) is 29.8 Å². The molecule has 0 aliphatic carbocycles. The number of carbonyl (C=O) groups excluding carboxylic acids is 2. The molecule has 0 saturated carbocycles. The number of hydrogen-bond donors (Lipinski definition) is 1. The van der Waals surface area contributed by atoms with Crippen molar-refractivity contribution >= 4 is 21.8 Å². The Morgan fingerprint density at radius 2 is 2.06 bits per heavy atom. The number of carbonyl (C=O) groups is 2. The van der Waals surface area contributed by atoms with Gasteiger partial charge in [-0.25, -0.2) is 18.2 Å². The molecular weight excluding hydrogens is 260 g/mol. The smallest absolute Gasteiger partial charge is 0.269 e. The lowest BCUT2D eigenvalue weighted by molar-refractivity contribution is -0.131. The second kappa shape index (κ2) is 4.39. The highest BCUT2D eigenvalue weighted by Crippen LogP contribution is 2.29. The normalized spacial score (nSPS) is 16.5. The van der Waals surface area contributed by atoms with E-state index >= 15 is 0 Å². The fourth-order valence-corrected chi connectivity index (χ4v) is 3.19. The minimum Gasteiger partial charge on any atom is -0.277 e. The van der Waals surface area contributed by atoms with Gasteiger partial charge in [0.25, 0.3) is 21.8 Å². The van der Waals surface area contributed by atoms with E-state index < -0.39 is 28.4 Å². The van der Waals surface area contributed by atoms with Gasteiger partial charge < -0.3 is 0 Å². The highest BCUT2D eigenvalue weighted by atomic mass is 32.2. The van der Waals surface area contributed by atoms with Crippen LogP contribution in [0.15, 0.2) is 29.2 Å². The predicted molar refractivity (Wildman–Crippen MR) is 59.8 cm³/mol. The predicted octanol–water partition coefficient (Wildman–Crippen LogP) is -0.491. The molecule has 0 unspecified atom stereocenters. The van der Waals surface area contributed by atoms with Gasteiger partial charge in [0.1, 0.15) is 11.4 Å². The molecule has 1 aromatic rings. The van der Waals surface area contributed by atoms with Crippen LogP contribution >= 0.6 is 0 Å². The molecule has 1 aromatic carbocycles. The van der Waals surface area contributed by atoms with E-state index in [4.69, 9.17) is 0 Å². The highest BCUT2D eigenvalue weighted by molar-refractivity contribution is 7.90. The maximum atomic E-state index is 12.0. The van der Waals surface area contributed by atoms with Gasteiger partial charge in [-0.3, -0.25) is 14.4 Å². The monoisotopic (exact) mass is 270 g/mol. The zero-order valence-corrected chi connectivity index (χ0v) is 10.2. The third-order valence-electron chi connectivity index (χ3n) is 2.42. The van der Waals surface area contributed by atoms with Gasteiger partial charge in [0.2, 0.25) is 0 Å². The van der Waals surface area contributed by atoms with Crippen LogP contribution in [0, 0.1) is 0 Å². The Kier molecular flexibility index (Phi) is 3.05. The van der Waals surface area contributed by atoms with Gasteiger partial charge in [-0.2, -0.15) is 0 Å². The van der Waals surface area contributed by atoms with E-state index in [9.17, 15) is 18.0 Å². The lowest BCUT2D eigenvalue weighted by atomic mass is 10.2. The molecule has 96 valence electrons. The van der Waals surface area contributed by atoms with Crippen molar-refractivity contribution in [1.29, 1.82) is 0 Å². The summed E-state index contributed by atoms with van der Waals surface area (Å²) in [6.07, 6.45) is 0. The van der Waals surface area contributed by atoms with Crippen LogP contribution < -0.4 is 5.48 Å². The number of rotatable bonds is 3. The Morgan fingerprint density at radius 1 is 1.39 bits per heavy atom. The lowest BCUT2D eigenvalue weighted by Crippen LogP contribution is -2.40. The summed E-state index contributed by atoms with van der Waals surface area (Å²) in [6, 6.07) is 5.81. The van der Waals surface area contributed by atoms with Gasteiger partial charge in [0, 0.05) is 0 Å². The number of fused-ring (bicyclic) bond motifs is 1. The number of benzene rings is 1. The van der Waals surface area contributed by atoms with Crippen molar-refractivity contribution in [2.45, 2.75) is 4.90 Å². The quantitative estimate of drug-likeness (QED) is 0.748. The summed E-state index contributed by atoms with van der Waals surface area (Å²) in [5.41, 5.74) is 2.03. The average Bonchev–Trinajstić information content (AvgIpc) is 2.52. The van der Waals surface area contributed by atoms with E-state index in [1.807, 2.05) is 5.48 Å². The first-order valence-corrected chi connectivity index (χ1v) is 6.40. The number of amides is 2. The van der Waals surface area contributed by atoms with Crippen LogP contribution in [0.5, 0.6) is 0 Å². The number of sulfonamides is 1. The molecule has 0 fully saturated rings. The molecule has 2 amide bonds.